The predicted molar refractivity (Wildman–Crippen MR) is 95.6 cm³/mol. The molecule has 0 saturated carbocycles. The first kappa shape index (κ1) is 19.9. The summed E-state index contributed by atoms with van der Waals surface area (Å²) in [6, 6.07) is 4.71. The lowest BCUT2D eigenvalue weighted by molar-refractivity contribution is -0.131. The van der Waals surface area contributed by atoms with Gasteiger partial charge in [0.05, 0.1) is 22.9 Å². The molecule has 1 N–H and O–H groups in total. The minimum Gasteiger partial charge on any atom is -0.338 e. The minimum atomic E-state index is -3.81. The summed E-state index contributed by atoms with van der Waals surface area (Å²) in [5.74, 6) is -0.412. The van der Waals surface area contributed by atoms with Crippen molar-refractivity contribution < 1.29 is 21.6 Å². The summed E-state index contributed by atoms with van der Waals surface area (Å²) in [5.41, 5.74) is 1.41. The summed E-state index contributed by atoms with van der Waals surface area (Å²) < 4.78 is 50.5. The number of aryl methyl sites for hydroxylation is 2. The van der Waals surface area contributed by atoms with Crippen LogP contribution in [0, 0.1) is 13.8 Å². The third kappa shape index (κ3) is 4.80. The molecule has 1 saturated heterocycles. The van der Waals surface area contributed by atoms with E-state index in [4.69, 9.17) is 0 Å². The molecule has 9 heteroatoms. The van der Waals surface area contributed by atoms with Crippen LogP contribution in [0.4, 0.5) is 0 Å². The summed E-state index contributed by atoms with van der Waals surface area (Å²) in [6.45, 7) is 5.19. The van der Waals surface area contributed by atoms with Crippen LogP contribution in [0.15, 0.2) is 23.1 Å². The Morgan fingerprint density at radius 2 is 2.00 bits per heavy atom. The summed E-state index contributed by atoms with van der Waals surface area (Å²) in [7, 11) is -6.93. The number of nitrogens with zero attached hydrogens (tertiary/aromatic N) is 1. The topological polar surface area (TPSA) is 101 Å². The monoisotopic (exact) mass is 388 g/mol. The number of benzene rings is 1. The van der Waals surface area contributed by atoms with E-state index in [-0.39, 0.29) is 29.0 Å². The van der Waals surface area contributed by atoms with E-state index in [1.54, 1.807) is 32.9 Å². The Bertz CT molecular complexity index is 863. The Hall–Kier alpha value is -1.45. The van der Waals surface area contributed by atoms with Gasteiger partial charge in [0.25, 0.3) is 0 Å². The van der Waals surface area contributed by atoms with Gasteiger partial charge < -0.3 is 4.90 Å². The smallest absolute Gasteiger partial charge is 0.241 e. The number of amides is 1. The molecule has 0 aromatic heterocycles. The Kier molecular flexibility index (Phi) is 5.90. The van der Waals surface area contributed by atoms with Gasteiger partial charge in [-0.1, -0.05) is 12.1 Å². The van der Waals surface area contributed by atoms with Gasteiger partial charge >= 0.3 is 0 Å². The summed E-state index contributed by atoms with van der Waals surface area (Å²) in [6.07, 6.45) is 0.394. The van der Waals surface area contributed by atoms with Crippen molar-refractivity contribution in [3.63, 3.8) is 0 Å². The lowest BCUT2D eigenvalue weighted by Gasteiger charge is -2.27. The molecular weight excluding hydrogens is 364 g/mol. The molecule has 0 spiro atoms. The molecule has 140 valence electrons. The van der Waals surface area contributed by atoms with Gasteiger partial charge in [-0.25, -0.2) is 21.6 Å². The number of likely N-dealkylation sites (N-methyl/N-ethyl adjacent to an activating group) is 1. The molecule has 7 nitrogen and oxygen atoms in total. The standard InChI is InChI=1S/C16H24N2O5S2/c1-4-18(14-7-8-24(20,21)11-14)16(19)10-17-25(22,23)15-9-12(2)5-6-13(15)3/h5-6,9,14,17H,4,7-8,10-11H2,1-3H3. The highest BCUT2D eigenvalue weighted by molar-refractivity contribution is 7.91. The van der Waals surface area contributed by atoms with Crippen LogP contribution >= 0.6 is 0 Å². The Labute approximate surface area is 149 Å². The van der Waals surface area contributed by atoms with Gasteiger partial charge in [-0.05, 0) is 44.4 Å². The second-order valence-corrected chi connectivity index (χ2v) is 10.3. The molecule has 0 radical (unpaired) electrons. The van der Waals surface area contributed by atoms with Crippen LogP contribution in [0.1, 0.15) is 24.5 Å². The Morgan fingerprint density at radius 3 is 2.56 bits per heavy atom. The van der Waals surface area contributed by atoms with E-state index in [0.717, 1.165) is 5.56 Å². The van der Waals surface area contributed by atoms with Crippen LogP contribution in [0.5, 0.6) is 0 Å². The van der Waals surface area contributed by atoms with E-state index in [2.05, 4.69) is 4.72 Å². The van der Waals surface area contributed by atoms with Gasteiger partial charge in [0.1, 0.15) is 0 Å². The average molecular weight is 389 g/mol. The first-order valence-electron chi connectivity index (χ1n) is 8.12. The zero-order chi connectivity index (χ0) is 18.8. The predicted octanol–water partition coefficient (Wildman–Crippen LogP) is 0.617. The second kappa shape index (κ2) is 7.43. The maximum atomic E-state index is 12.5. The molecule has 1 atom stereocenters. The molecule has 1 aliphatic rings. The number of rotatable bonds is 6. The van der Waals surface area contributed by atoms with Gasteiger partial charge in [-0.3, -0.25) is 4.79 Å². The molecule has 1 aliphatic heterocycles. The SMILES string of the molecule is CCN(C(=O)CNS(=O)(=O)c1cc(C)ccc1C)C1CCS(=O)(=O)C1. The van der Waals surface area contributed by atoms with Crippen molar-refractivity contribution in [2.75, 3.05) is 24.6 Å². The second-order valence-electron chi connectivity index (χ2n) is 6.33. The first-order chi connectivity index (χ1) is 11.6. The molecule has 1 aromatic carbocycles. The van der Waals surface area contributed by atoms with Crippen molar-refractivity contribution in [1.29, 1.82) is 0 Å². The number of carbonyl (C=O) groups is 1. The Balaban J connectivity index is 2.08. The number of hydrogen-bond donors (Lipinski definition) is 1. The van der Waals surface area contributed by atoms with E-state index in [9.17, 15) is 21.6 Å². The van der Waals surface area contributed by atoms with E-state index in [0.29, 0.717) is 18.5 Å². The van der Waals surface area contributed by atoms with Crippen LogP contribution < -0.4 is 4.72 Å². The maximum Gasteiger partial charge on any atom is 0.241 e. The van der Waals surface area contributed by atoms with E-state index in [1.165, 1.54) is 4.90 Å². The number of hydrogen-bond acceptors (Lipinski definition) is 5. The summed E-state index contributed by atoms with van der Waals surface area (Å²) >= 11 is 0. The van der Waals surface area contributed by atoms with Gasteiger partial charge in [0, 0.05) is 12.6 Å². The lowest BCUT2D eigenvalue weighted by atomic mass is 10.2. The summed E-state index contributed by atoms with van der Waals surface area (Å²) in [4.78, 5) is 14.0. The molecule has 0 aliphatic carbocycles. The number of nitrogens with one attached hydrogen (secondary N) is 1. The minimum absolute atomic E-state index is 0.0592. The normalized spacial score (nSPS) is 19.7. The highest BCUT2D eigenvalue weighted by atomic mass is 32.2. The molecular formula is C16H24N2O5S2. The zero-order valence-corrected chi connectivity index (χ0v) is 16.3. The largest absolute Gasteiger partial charge is 0.338 e. The molecule has 0 bridgehead atoms. The highest BCUT2D eigenvalue weighted by Gasteiger charge is 2.34. The number of sulfone groups is 1. The van der Waals surface area contributed by atoms with Crippen molar-refractivity contribution >= 4 is 25.8 Å². The van der Waals surface area contributed by atoms with Crippen LogP contribution in [0.2, 0.25) is 0 Å². The van der Waals surface area contributed by atoms with E-state index < -0.39 is 25.8 Å². The van der Waals surface area contributed by atoms with Crippen molar-refractivity contribution in [3.05, 3.63) is 29.3 Å². The fourth-order valence-electron chi connectivity index (χ4n) is 2.99. The van der Waals surface area contributed by atoms with Crippen LogP contribution in [0.3, 0.4) is 0 Å². The molecule has 2 rings (SSSR count). The molecule has 25 heavy (non-hydrogen) atoms. The van der Waals surface area contributed by atoms with Crippen molar-refractivity contribution in [1.82, 2.24) is 9.62 Å². The third-order valence-corrected chi connectivity index (χ3v) is 7.65. The van der Waals surface area contributed by atoms with Gasteiger partial charge in [0.15, 0.2) is 9.84 Å². The van der Waals surface area contributed by atoms with Crippen molar-refractivity contribution in [2.24, 2.45) is 0 Å². The quantitative estimate of drug-likeness (QED) is 0.770. The molecule has 1 amide bonds. The van der Waals surface area contributed by atoms with Crippen LogP contribution in [-0.4, -0.2) is 58.3 Å². The Morgan fingerprint density at radius 1 is 1.32 bits per heavy atom. The average Bonchev–Trinajstić information content (AvgIpc) is 2.88. The van der Waals surface area contributed by atoms with Crippen molar-refractivity contribution in [2.45, 2.75) is 38.1 Å². The molecule has 1 aromatic rings. The molecule has 1 unspecified atom stereocenters. The number of carbonyl (C=O) groups excluding carboxylic acids is 1. The summed E-state index contributed by atoms with van der Waals surface area (Å²) in [5, 5.41) is 0. The van der Waals surface area contributed by atoms with E-state index >= 15 is 0 Å². The fourth-order valence-corrected chi connectivity index (χ4v) is 6.02. The van der Waals surface area contributed by atoms with Crippen LogP contribution in [0.25, 0.3) is 0 Å². The van der Waals surface area contributed by atoms with Gasteiger partial charge in [-0.2, -0.15) is 0 Å². The molecule has 1 heterocycles. The third-order valence-electron chi connectivity index (χ3n) is 4.36. The fraction of sp³-hybridized carbons (Fsp3) is 0.562. The number of sulfonamides is 1. The van der Waals surface area contributed by atoms with Gasteiger partial charge in [0.2, 0.25) is 15.9 Å². The molecule has 1 fully saturated rings. The van der Waals surface area contributed by atoms with Gasteiger partial charge in [-0.15, -0.1) is 0 Å². The maximum absolute atomic E-state index is 12.5. The van der Waals surface area contributed by atoms with Crippen molar-refractivity contribution in [3.8, 4) is 0 Å². The van der Waals surface area contributed by atoms with E-state index in [1.807, 2.05) is 6.07 Å². The van der Waals surface area contributed by atoms with Crippen LogP contribution in [-0.2, 0) is 24.7 Å². The first-order valence-corrected chi connectivity index (χ1v) is 11.4. The lowest BCUT2D eigenvalue weighted by Crippen LogP contribution is -2.46. The highest BCUT2D eigenvalue weighted by Crippen LogP contribution is 2.19. The zero-order valence-electron chi connectivity index (χ0n) is 14.6.